The summed E-state index contributed by atoms with van der Waals surface area (Å²) in [5.74, 6) is -0.0557. The molecule has 1 aromatic carbocycles. The Morgan fingerprint density at radius 2 is 2.02 bits per heavy atom. The van der Waals surface area contributed by atoms with E-state index >= 15 is 0 Å². The molecule has 0 saturated carbocycles. The van der Waals surface area contributed by atoms with Gasteiger partial charge in [0.2, 0.25) is 11.9 Å². The van der Waals surface area contributed by atoms with Crippen molar-refractivity contribution in [2.75, 3.05) is 56.5 Å². The molecule has 1 N–H and O–H groups in total. The first-order chi connectivity index (χ1) is 19.3. The molecule has 3 aromatic heterocycles. The smallest absolute Gasteiger partial charge is 0.247 e. The van der Waals surface area contributed by atoms with Crippen LogP contribution >= 0.6 is 11.6 Å². The van der Waals surface area contributed by atoms with Gasteiger partial charge in [0.1, 0.15) is 12.4 Å². The number of carbonyl (C=O) groups is 1. The Balaban J connectivity index is 1.15. The van der Waals surface area contributed by atoms with Gasteiger partial charge < -0.3 is 20.0 Å². The largest absolute Gasteiger partial charge is 0.366 e. The highest BCUT2D eigenvalue weighted by Gasteiger charge is 2.45. The summed E-state index contributed by atoms with van der Waals surface area (Å²) in [6, 6.07) is 10.8. The first-order valence-corrected chi connectivity index (χ1v) is 13.4. The summed E-state index contributed by atoms with van der Waals surface area (Å²) < 4.78 is 17.5. The highest BCUT2D eigenvalue weighted by Crippen LogP contribution is 2.42. The fraction of sp³-hybridized carbons (Fsp3) is 0.370. The molecule has 2 saturated heterocycles. The van der Waals surface area contributed by atoms with Crippen molar-refractivity contribution in [1.29, 1.82) is 5.26 Å². The number of hydrogen-bond donors (Lipinski definition) is 1. The molecular formula is C27H28ClFN10O. The lowest BCUT2D eigenvalue weighted by Gasteiger charge is -2.50. The number of likely N-dealkylation sites (N-methyl/N-ethyl adjacent to an activating group) is 1. The van der Waals surface area contributed by atoms with E-state index in [-0.39, 0.29) is 23.9 Å². The number of amides is 1. The molecular weight excluding hydrogens is 535 g/mol. The number of carbonyl (C=O) groups excluding carboxylic acids is 1. The van der Waals surface area contributed by atoms with Crippen LogP contribution in [-0.2, 0) is 16.8 Å². The predicted molar refractivity (Wildman–Crippen MR) is 148 cm³/mol. The first-order valence-electron chi connectivity index (χ1n) is 13.0. The summed E-state index contributed by atoms with van der Waals surface area (Å²) in [7, 11) is 2.05. The minimum Gasteiger partial charge on any atom is -0.366 e. The highest BCUT2D eigenvalue weighted by molar-refractivity contribution is 6.30. The summed E-state index contributed by atoms with van der Waals surface area (Å²) in [4.78, 5) is 23.5. The average molecular weight is 563 g/mol. The zero-order valence-corrected chi connectivity index (χ0v) is 22.7. The lowest BCUT2D eigenvalue weighted by atomic mass is 9.71. The number of halogens is 2. The number of anilines is 3. The van der Waals surface area contributed by atoms with E-state index in [9.17, 15) is 14.4 Å². The molecule has 11 nitrogen and oxygen atoms in total. The zero-order valence-electron chi connectivity index (χ0n) is 22.0. The number of pyridine rings is 1. The van der Waals surface area contributed by atoms with Crippen molar-refractivity contribution in [3.05, 3.63) is 65.3 Å². The molecule has 206 valence electrons. The molecule has 13 heteroatoms. The number of nitriles is 1. The number of fused-ring (bicyclic) bond motifs is 1. The zero-order chi connectivity index (χ0) is 27.9. The van der Waals surface area contributed by atoms with Crippen molar-refractivity contribution >= 4 is 40.5 Å². The second kappa shape index (κ2) is 10.4. The van der Waals surface area contributed by atoms with Gasteiger partial charge in [-0.25, -0.2) is 8.91 Å². The Labute approximate surface area is 235 Å². The van der Waals surface area contributed by atoms with E-state index in [1.807, 2.05) is 23.2 Å². The Kier molecular flexibility index (Phi) is 6.77. The molecule has 2 fully saturated rings. The number of aromatic nitrogens is 5. The number of hydrogen-bond acceptors (Lipinski definition) is 8. The summed E-state index contributed by atoms with van der Waals surface area (Å²) in [5.41, 5.74) is 2.44. The van der Waals surface area contributed by atoms with Crippen molar-refractivity contribution in [3.63, 3.8) is 0 Å². The van der Waals surface area contributed by atoms with Crippen molar-refractivity contribution in [2.24, 2.45) is 0 Å². The van der Waals surface area contributed by atoms with Gasteiger partial charge in [0.05, 0.1) is 28.7 Å². The molecule has 0 unspecified atom stereocenters. The first kappa shape index (κ1) is 26.0. The minimum atomic E-state index is -0.496. The number of rotatable bonds is 7. The van der Waals surface area contributed by atoms with Crippen LogP contribution in [0.4, 0.5) is 21.7 Å². The van der Waals surface area contributed by atoms with Crippen LogP contribution in [0.5, 0.6) is 0 Å². The van der Waals surface area contributed by atoms with Crippen LogP contribution < -0.4 is 10.2 Å². The summed E-state index contributed by atoms with van der Waals surface area (Å²) in [5, 5.41) is 21.6. The van der Waals surface area contributed by atoms with Crippen molar-refractivity contribution in [1.82, 2.24) is 34.2 Å². The highest BCUT2D eigenvalue weighted by atomic mass is 35.5. The van der Waals surface area contributed by atoms with Gasteiger partial charge in [-0.1, -0.05) is 17.7 Å². The molecule has 40 heavy (non-hydrogen) atoms. The second-order valence-corrected chi connectivity index (χ2v) is 10.8. The summed E-state index contributed by atoms with van der Waals surface area (Å²) >= 11 is 5.88. The van der Waals surface area contributed by atoms with Crippen LogP contribution in [-0.4, -0.2) is 86.4 Å². The Morgan fingerprint density at radius 1 is 1.23 bits per heavy atom. The fourth-order valence-corrected chi connectivity index (χ4v) is 5.48. The number of benzene rings is 1. The molecule has 0 aliphatic carbocycles. The summed E-state index contributed by atoms with van der Waals surface area (Å²) in [6.45, 7) is 4.42. The lowest BCUT2D eigenvalue weighted by Crippen LogP contribution is -2.59. The monoisotopic (exact) mass is 562 g/mol. The summed E-state index contributed by atoms with van der Waals surface area (Å²) in [6.07, 6.45) is 5.47. The SMILES string of the molecule is CN1CCN(C(=O)Cn2cc(Nc3nc4c(N5CC(CC#N)(c6ccc(Cl)c(F)c6)C5)cccn4n3)cn2)CC1. The van der Waals surface area contributed by atoms with Gasteiger partial charge in [-0.05, 0) is 36.9 Å². The van der Waals surface area contributed by atoms with Crippen molar-refractivity contribution < 1.29 is 9.18 Å². The molecule has 5 heterocycles. The minimum absolute atomic E-state index is 0.0432. The Bertz CT molecular complexity index is 1600. The topological polar surface area (TPSA) is 111 Å². The van der Waals surface area contributed by atoms with Crippen LogP contribution in [0, 0.1) is 17.1 Å². The number of piperazine rings is 1. The maximum atomic E-state index is 14.2. The van der Waals surface area contributed by atoms with Crippen LogP contribution in [0.25, 0.3) is 5.65 Å². The second-order valence-electron chi connectivity index (χ2n) is 10.4. The van der Waals surface area contributed by atoms with Crippen LogP contribution in [0.3, 0.4) is 0 Å². The maximum absolute atomic E-state index is 14.2. The Hall–Kier alpha value is -4.21. The van der Waals surface area contributed by atoms with Gasteiger partial charge in [0.15, 0.2) is 5.65 Å². The van der Waals surface area contributed by atoms with E-state index in [0.717, 1.165) is 37.4 Å². The third kappa shape index (κ3) is 4.94. The molecule has 1 amide bonds. The molecule has 0 spiro atoms. The Morgan fingerprint density at radius 3 is 2.77 bits per heavy atom. The molecule has 0 bridgehead atoms. The standard InChI is InChI=1S/C27H28ClFN10O/c1-35-9-11-36(12-10-35)24(40)16-38-15-20(14-31-38)32-26-33-25-23(3-2-8-39(25)34-26)37-17-27(18-37,6-7-30)19-4-5-21(28)22(29)13-19/h2-5,8,13-15H,6,9-12,16-18H2,1H3,(H,32,34). The van der Waals surface area contributed by atoms with Gasteiger partial charge in [0, 0.05) is 63.5 Å². The van der Waals surface area contributed by atoms with Crippen LogP contribution in [0.2, 0.25) is 5.02 Å². The van der Waals surface area contributed by atoms with Gasteiger partial charge >= 0.3 is 0 Å². The number of nitrogens with one attached hydrogen (secondary N) is 1. The molecule has 4 aromatic rings. The van der Waals surface area contributed by atoms with Gasteiger partial charge in [-0.2, -0.15) is 15.3 Å². The average Bonchev–Trinajstić information content (AvgIpc) is 3.54. The molecule has 6 rings (SSSR count). The van der Waals surface area contributed by atoms with Crippen molar-refractivity contribution in [3.8, 4) is 6.07 Å². The quantitative estimate of drug-likeness (QED) is 0.366. The molecule has 0 atom stereocenters. The number of nitrogens with zero attached hydrogens (tertiary/aromatic N) is 9. The van der Waals surface area contributed by atoms with E-state index in [1.165, 1.54) is 12.1 Å². The van der Waals surface area contributed by atoms with Crippen LogP contribution in [0.1, 0.15) is 12.0 Å². The van der Waals surface area contributed by atoms with Crippen LogP contribution in [0.15, 0.2) is 48.9 Å². The third-order valence-electron chi connectivity index (χ3n) is 7.66. The van der Waals surface area contributed by atoms with Gasteiger partial charge in [0.25, 0.3) is 0 Å². The molecule has 0 radical (unpaired) electrons. The molecule has 2 aliphatic heterocycles. The van der Waals surface area contributed by atoms with E-state index in [4.69, 9.17) is 16.6 Å². The van der Waals surface area contributed by atoms with E-state index in [0.29, 0.717) is 30.4 Å². The fourth-order valence-electron chi connectivity index (χ4n) is 5.36. The van der Waals surface area contributed by atoms with Gasteiger partial charge in [-0.15, -0.1) is 5.10 Å². The molecule has 2 aliphatic rings. The van der Waals surface area contributed by atoms with E-state index in [2.05, 4.69) is 38.4 Å². The third-order valence-corrected chi connectivity index (χ3v) is 7.97. The lowest BCUT2D eigenvalue weighted by molar-refractivity contribution is -0.133. The van der Waals surface area contributed by atoms with Crippen molar-refractivity contribution in [2.45, 2.75) is 18.4 Å². The maximum Gasteiger partial charge on any atom is 0.247 e. The van der Waals surface area contributed by atoms with Gasteiger partial charge in [-0.3, -0.25) is 9.48 Å². The van der Waals surface area contributed by atoms with E-state index in [1.54, 1.807) is 27.7 Å². The normalized spacial score (nSPS) is 17.1. The predicted octanol–water partition coefficient (Wildman–Crippen LogP) is 2.91. The van der Waals surface area contributed by atoms with E-state index < -0.39 is 11.2 Å².